The molecule has 1 N–H and O–H groups in total. The largest absolute Gasteiger partial charge is 0.481 e. The van der Waals surface area contributed by atoms with E-state index in [1.807, 2.05) is 44.2 Å². The van der Waals surface area contributed by atoms with Gasteiger partial charge in [0.1, 0.15) is 0 Å². The van der Waals surface area contributed by atoms with Crippen LogP contribution in [0.15, 0.2) is 35.2 Å². The van der Waals surface area contributed by atoms with Crippen molar-refractivity contribution < 1.29 is 14.7 Å². The Morgan fingerprint density at radius 3 is 2.52 bits per heavy atom. The van der Waals surface area contributed by atoms with Gasteiger partial charge >= 0.3 is 5.97 Å². The minimum atomic E-state index is -0.804. The van der Waals surface area contributed by atoms with E-state index in [4.69, 9.17) is 0 Å². The number of hydrogen-bond acceptors (Lipinski definition) is 3. The van der Waals surface area contributed by atoms with Crippen LogP contribution in [0, 0.1) is 11.8 Å². The predicted octanol–water partition coefficient (Wildman–Crippen LogP) is 2.74. The summed E-state index contributed by atoms with van der Waals surface area (Å²) in [4.78, 5) is 26.6. The summed E-state index contributed by atoms with van der Waals surface area (Å²) < 4.78 is 0. The summed E-state index contributed by atoms with van der Waals surface area (Å²) in [6.45, 7) is 4.77. The van der Waals surface area contributed by atoms with Gasteiger partial charge in [-0.15, -0.1) is 11.8 Å². The summed E-state index contributed by atoms with van der Waals surface area (Å²) >= 11 is 1.56. The lowest BCUT2D eigenvalue weighted by Gasteiger charge is -2.22. The van der Waals surface area contributed by atoms with Crippen LogP contribution in [0.3, 0.4) is 0 Å². The van der Waals surface area contributed by atoms with Gasteiger partial charge in [-0.2, -0.15) is 0 Å². The van der Waals surface area contributed by atoms with Crippen LogP contribution in [-0.2, 0) is 9.59 Å². The van der Waals surface area contributed by atoms with Crippen LogP contribution in [0.25, 0.3) is 0 Å². The standard InChI is InChI=1S/C16H21NO3S/c1-3-14(21-12-7-5-4-6-8-12)15(18)17-9-11(2)13(10-17)16(19)20/h4-8,11,13-14H,3,9-10H2,1-2H3,(H,19,20)/t11-,13-,14?/m1/s1. The lowest BCUT2D eigenvalue weighted by molar-refractivity contribution is -0.142. The van der Waals surface area contributed by atoms with E-state index in [1.54, 1.807) is 16.7 Å². The Kier molecular flexibility index (Phi) is 5.28. The molecule has 0 spiro atoms. The van der Waals surface area contributed by atoms with Gasteiger partial charge < -0.3 is 10.0 Å². The van der Waals surface area contributed by atoms with E-state index in [9.17, 15) is 14.7 Å². The number of nitrogens with zero attached hydrogens (tertiary/aromatic N) is 1. The second-order valence-electron chi connectivity index (χ2n) is 5.49. The maximum Gasteiger partial charge on any atom is 0.308 e. The molecule has 1 heterocycles. The molecule has 2 rings (SSSR count). The Morgan fingerprint density at radius 1 is 1.33 bits per heavy atom. The smallest absolute Gasteiger partial charge is 0.308 e. The summed E-state index contributed by atoms with van der Waals surface area (Å²) in [5.74, 6) is -1.16. The third-order valence-electron chi connectivity index (χ3n) is 3.91. The number of hydrogen-bond donors (Lipinski definition) is 1. The molecule has 0 radical (unpaired) electrons. The first kappa shape index (κ1) is 15.9. The molecule has 1 aliphatic rings. The van der Waals surface area contributed by atoms with Crippen molar-refractivity contribution in [3.8, 4) is 0 Å². The third kappa shape index (κ3) is 3.79. The van der Waals surface area contributed by atoms with Crippen molar-refractivity contribution in [1.29, 1.82) is 0 Å². The van der Waals surface area contributed by atoms with E-state index in [2.05, 4.69) is 0 Å². The van der Waals surface area contributed by atoms with Crippen LogP contribution >= 0.6 is 11.8 Å². The number of thioether (sulfide) groups is 1. The number of carboxylic acids is 1. The molecule has 0 aliphatic carbocycles. The van der Waals surface area contributed by atoms with Crippen molar-refractivity contribution in [2.75, 3.05) is 13.1 Å². The normalized spacial score (nSPS) is 23.0. The number of carbonyl (C=O) groups excluding carboxylic acids is 1. The van der Waals surface area contributed by atoms with Gasteiger partial charge in [0.05, 0.1) is 11.2 Å². The molecule has 4 nitrogen and oxygen atoms in total. The molecule has 5 heteroatoms. The molecule has 114 valence electrons. The minimum Gasteiger partial charge on any atom is -0.481 e. The number of aliphatic carboxylic acids is 1. The number of carbonyl (C=O) groups is 2. The van der Waals surface area contributed by atoms with E-state index >= 15 is 0 Å². The van der Waals surface area contributed by atoms with Gasteiger partial charge in [0, 0.05) is 18.0 Å². The number of carboxylic acid groups (broad SMARTS) is 1. The molecule has 21 heavy (non-hydrogen) atoms. The molecule has 1 unspecified atom stereocenters. The fourth-order valence-electron chi connectivity index (χ4n) is 2.64. The van der Waals surface area contributed by atoms with E-state index in [0.717, 1.165) is 11.3 Å². The van der Waals surface area contributed by atoms with Crippen LogP contribution in [0.1, 0.15) is 20.3 Å². The third-order valence-corrected chi connectivity index (χ3v) is 5.27. The van der Waals surface area contributed by atoms with Crippen LogP contribution in [0.2, 0.25) is 0 Å². The summed E-state index contributed by atoms with van der Waals surface area (Å²) in [6.07, 6.45) is 0.737. The highest BCUT2D eigenvalue weighted by atomic mass is 32.2. The second-order valence-corrected chi connectivity index (χ2v) is 6.77. The SMILES string of the molecule is CCC(Sc1ccccc1)C(=O)N1C[C@@H](C)[C@H](C(=O)O)C1. The van der Waals surface area contributed by atoms with Gasteiger partial charge in [-0.1, -0.05) is 32.0 Å². The zero-order valence-corrected chi connectivity index (χ0v) is 13.2. The molecule has 1 fully saturated rings. The van der Waals surface area contributed by atoms with E-state index < -0.39 is 11.9 Å². The highest BCUT2D eigenvalue weighted by Crippen LogP contribution is 2.30. The van der Waals surface area contributed by atoms with Crippen molar-refractivity contribution >= 4 is 23.6 Å². The molecule has 3 atom stereocenters. The Labute approximate surface area is 129 Å². The summed E-state index contributed by atoms with van der Waals surface area (Å²) in [5.41, 5.74) is 0. The first-order chi connectivity index (χ1) is 10.0. The molecule has 1 aromatic carbocycles. The van der Waals surface area contributed by atoms with Gasteiger partial charge in [0.25, 0.3) is 0 Å². The Hall–Kier alpha value is -1.49. The summed E-state index contributed by atoms with van der Waals surface area (Å²) in [6, 6.07) is 9.85. The average molecular weight is 307 g/mol. The molecule has 1 amide bonds. The highest BCUT2D eigenvalue weighted by molar-refractivity contribution is 8.00. The topological polar surface area (TPSA) is 57.6 Å². The van der Waals surface area contributed by atoms with E-state index in [-0.39, 0.29) is 17.1 Å². The number of rotatable bonds is 5. The Bertz CT molecular complexity index is 506. The first-order valence-corrected chi connectivity index (χ1v) is 8.14. The summed E-state index contributed by atoms with van der Waals surface area (Å²) in [5, 5.41) is 9.02. The van der Waals surface area contributed by atoms with Crippen LogP contribution in [0.5, 0.6) is 0 Å². The first-order valence-electron chi connectivity index (χ1n) is 7.26. The van der Waals surface area contributed by atoms with Gasteiger partial charge in [-0.3, -0.25) is 9.59 Å². The van der Waals surface area contributed by atoms with Crippen LogP contribution < -0.4 is 0 Å². The molecule has 1 aromatic rings. The van der Waals surface area contributed by atoms with E-state index in [1.165, 1.54) is 0 Å². The van der Waals surface area contributed by atoms with Crippen molar-refractivity contribution in [3.63, 3.8) is 0 Å². The van der Waals surface area contributed by atoms with Crippen molar-refractivity contribution in [3.05, 3.63) is 30.3 Å². The maximum absolute atomic E-state index is 12.6. The van der Waals surface area contributed by atoms with Crippen molar-refractivity contribution in [2.45, 2.75) is 30.4 Å². The molecule has 0 aromatic heterocycles. The Morgan fingerprint density at radius 2 is 2.00 bits per heavy atom. The molecule has 1 aliphatic heterocycles. The van der Waals surface area contributed by atoms with Crippen molar-refractivity contribution in [2.24, 2.45) is 11.8 Å². The van der Waals surface area contributed by atoms with Crippen LogP contribution in [0.4, 0.5) is 0 Å². The number of amides is 1. The van der Waals surface area contributed by atoms with Gasteiger partial charge in [-0.25, -0.2) is 0 Å². The molecule has 1 saturated heterocycles. The van der Waals surface area contributed by atoms with Gasteiger partial charge in [-0.05, 0) is 24.5 Å². The number of likely N-dealkylation sites (tertiary alicyclic amines) is 1. The predicted molar refractivity (Wildman–Crippen MR) is 83.2 cm³/mol. The molecular formula is C16H21NO3S. The average Bonchev–Trinajstić information content (AvgIpc) is 2.87. The van der Waals surface area contributed by atoms with Crippen molar-refractivity contribution in [1.82, 2.24) is 4.90 Å². The fourth-order valence-corrected chi connectivity index (χ4v) is 3.70. The minimum absolute atomic E-state index is 0.0191. The highest BCUT2D eigenvalue weighted by Gasteiger charge is 2.38. The number of benzene rings is 1. The quantitative estimate of drug-likeness (QED) is 0.850. The molecular weight excluding hydrogens is 286 g/mol. The summed E-state index contributed by atoms with van der Waals surface area (Å²) in [7, 11) is 0. The van der Waals surface area contributed by atoms with Gasteiger partial charge in [0.15, 0.2) is 0 Å². The molecule has 0 bridgehead atoms. The fraction of sp³-hybridized carbons (Fsp3) is 0.500. The zero-order valence-electron chi connectivity index (χ0n) is 12.4. The lowest BCUT2D eigenvalue weighted by atomic mass is 9.99. The Balaban J connectivity index is 2.02. The van der Waals surface area contributed by atoms with Crippen LogP contribution in [-0.4, -0.2) is 40.2 Å². The second kappa shape index (κ2) is 6.98. The molecule has 0 saturated carbocycles. The maximum atomic E-state index is 12.6. The zero-order chi connectivity index (χ0) is 15.4. The van der Waals surface area contributed by atoms with E-state index in [0.29, 0.717) is 13.1 Å². The monoisotopic (exact) mass is 307 g/mol. The lowest BCUT2D eigenvalue weighted by Crippen LogP contribution is -2.36. The van der Waals surface area contributed by atoms with Gasteiger partial charge in [0.2, 0.25) is 5.91 Å².